The van der Waals surface area contributed by atoms with Crippen molar-refractivity contribution in [2.75, 3.05) is 17.7 Å². The Hall–Kier alpha value is -0.800. The first-order valence-electron chi connectivity index (χ1n) is 5.45. The van der Waals surface area contributed by atoms with Crippen molar-refractivity contribution in [1.29, 1.82) is 0 Å². The van der Waals surface area contributed by atoms with Crippen LogP contribution in [0.5, 0.6) is 0 Å². The summed E-state index contributed by atoms with van der Waals surface area (Å²) in [5.74, 6) is 1.32. The van der Waals surface area contributed by atoms with Gasteiger partial charge in [-0.1, -0.05) is 19.1 Å². The average molecular weight is 255 g/mol. The van der Waals surface area contributed by atoms with Crippen LogP contribution in [0, 0.1) is 5.92 Å². The summed E-state index contributed by atoms with van der Waals surface area (Å²) in [6.45, 7) is 3.16. The molecule has 1 heterocycles. The molecular formula is C12H15ClN2S. The van der Waals surface area contributed by atoms with Crippen molar-refractivity contribution in [3.8, 4) is 0 Å². The highest BCUT2D eigenvalue weighted by molar-refractivity contribution is 7.11. The minimum absolute atomic E-state index is 0.596. The van der Waals surface area contributed by atoms with Gasteiger partial charge in [-0.25, -0.2) is 0 Å². The van der Waals surface area contributed by atoms with E-state index in [9.17, 15) is 0 Å². The Morgan fingerprint density at radius 1 is 1.44 bits per heavy atom. The van der Waals surface area contributed by atoms with Gasteiger partial charge in [0, 0.05) is 17.8 Å². The zero-order valence-corrected chi connectivity index (χ0v) is 10.8. The Morgan fingerprint density at radius 2 is 2.25 bits per heavy atom. The minimum atomic E-state index is 0.596. The van der Waals surface area contributed by atoms with E-state index in [0.29, 0.717) is 5.92 Å². The molecule has 1 aromatic carbocycles. The minimum Gasteiger partial charge on any atom is -0.375 e. The number of nitrogens with zero attached hydrogens (tertiary/aromatic N) is 1. The zero-order chi connectivity index (χ0) is 11.4. The molecule has 1 N–H and O–H groups in total. The lowest BCUT2D eigenvalue weighted by atomic mass is 10.1. The van der Waals surface area contributed by atoms with Crippen LogP contribution in [0.25, 0.3) is 10.9 Å². The molecule has 0 bridgehead atoms. The van der Waals surface area contributed by atoms with Crippen LogP contribution >= 0.6 is 23.1 Å². The van der Waals surface area contributed by atoms with Crippen molar-refractivity contribution >= 4 is 39.0 Å². The predicted octanol–water partition coefficient (Wildman–Crippen LogP) is 3.97. The number of nitrogens with one attached hydrogen (secondary N) is 1. The summed E-state index contributed by atoms with van der Waals surface area (Å²) in [7, 11) is 0. The number of fused-ring (bicyclic) bond motifs is 1. The summed E-state index contributed by atoms with van der Waals surface area (Å²) in [4.78, 5) is 0. The van der Waals surface area contributed by atoms with Gasteiger partial charge in [0.2, 0.25) is 0 Å². The molecule has 16 heavy (non-hydrogen) atoms. The van der Waals surface area contributed by atoms with Gasteiger partial charge in [0.25, 0.3) is 0 Å². The van der Waals surface area contributed by atoms with Gasteiger partial charge in [0.15, 0.2) is 0 Å². The van der Waals surface area contributed by atoms with E-state index in [4.69, 9.17) is 11.6 Å². The van der Waals surface area contributed by atoms with Crippen LogP contribution in [0.3, 0.4) is 0 Å². The number of alkyl halides is 1. The van der Waals surface area contributed by atoms with Crippen molar-refractivity contribution < 1.29 is 0 Å². The Labute approximate surface area is 105 Å². The van der Waals surface area contributed by atoms with E-state index in [0.717, 1.165) is 29.4 Å². The summed E-state index contributed by atoms with van der Waals surface area (Å²) in [5, 5.41) is 5.83. The maximum Gasteiger partial charge on any atom is 0.117 e. The van der Waals surface area contributed by atoms with Gasteiger partial charge in [-0.2, -0.15) is 4.37 Å². The molecule has 0 amide bonds. The third-order valence-electron chi connectivity index (χ3n) is 2.60. The van der Waals surface area contributed by atoms with Gasteiger partial charge in [-0.3, -0.25) is 0 Å². The number of halogens is 1. The van der Waals surface area contributed by atoms with Crippen molar-refractivity contribution in [1.82, 2.24) is 4.37 Å². The first-order chi connectivity index (χ1) is 7.81. The summed E-state index contributed by atoms with van der Waals surface area (Å²) in [6.07, 6.45) is 1.05. The number of aromatic nitrogens is 1. The molecular weight excluding hydrogens is 240 g/mol. The number of rotatable bonds is 5. The van der Waals surface area contributed by atoms with Gasteiger partial charge in [0.05, 0.1) is 5.52 Å². The van der Waals surface area contributed by atoms with Crippen LogP contribution in [-0.2, 0) is 0 Å². The monoisotopic (exact) mass is 254 g/mol. The van der Waals surface area contributed by atoms with Crippen LogP contribution in [0.4, 0.5) is 5.00 Å². The summed E-state index contributed by atoms with van der Waals surface area (Å²) < 4.78 is 4.40. The van der Waals surface area contributed by atoms with Crippen LogP contribution in [-0.4, -0.2) is 16.8 Å². The molecule has 0 spiro atoms. The molecule has 0 fully saturated rings. The van der Waals surface area contributed by atoms with Crippen molar-refractivity contribution in [3.05, 3.63) is 24.3 Å². The fourth-order valence-corrected chi connectivity index (χ4v) is 2.71. The normalized spacial score (nSPS) is 12.9. The molecule has 0 aliphatic heterocycles. The average Bonchev–Trinajstić information content (AvgIpc) is 2.70. The van der Waals surface area contributed by atoms with Crippen LogP contribution < -0.4 is 5.32 Å². The van der Waals surface area contributed by atoms with Gasteiger partial charge in [0.1, 0.15) is 5.00 Å². The van der Waals surface area contributed by atoms with E-state index >= 15 is 0 Å². The molecule has 1 aromatic heterocycles. The van der Waals surface area contributed by atoms with E-state index in [2.05, 4.69) is 22.7 Å². The van der Waals surface area contributed by atoms with Crippen LogP contribution in [0.2, 0.25) is 0 Å². The second kappa shape index (κ2) is 5.51. The smallest absolute Gasteiger partial charge is 0.117 e. The quantitative estimate of drug-likeness (QED) is 0.817. The van der Waals surface area contributed by atoms with E-state index in [-0.39, 0.29) is 0 Å². The first kappa shape index (κ1) is 11.7. The highest BCUT2D eigenvalue weighted by atomic mass is 35.5. The van der Waals surface area contributed by atoms with Gasteiger partial charge >= 0.3 is 0 Å². The molecule has 0 aliphatic carbocycles. The first-order valence-corrected chi connectivity index (χ1v) is 6.76. The summed E-state index contributed by atoms with van der Waals surface area (Å²) in [6, 6.07) is 8.21. The number of hydrogen-bond acceptors (Lipinski definition) is 3. The maximum atomic E-state index is 5.71. The Balaban J connectivity index is 2.04. The highest BCUT2D eigenvalue weighted by Crippen LogP contribution is 2.27. The Morgan fingerprint density at radius 3 is 3.06 bits per heavy atom. The lowest BCUT2D eigenvalue weighted by Crippen LogP contribution is -2.10. The van der Waals surface area contributed by atoms with Gasteiger partial charge in [-0.05, 0) is 36.0 Å². The molecule has 1 atom stereocenters. The zero-order valence-electron chi connectivity index (χ0n) is 9.24. The second-order valence-corrected chi connectivity index (χ2v) is 5.14. The fourth-order valence-electron chi connectivity index (χ4n) is 1.57. The molecule has 0 saturated carbocycles. The van der Waals surface area contributed by atoms with E-state index in [1.54, 1.807) is 0 Å². The SMILES string of the molecule is CC(CCCl)CNc1snc2ccccc12. The second-order valence-electron chi connectivity index (χ2n) is 3.99. The van der Waals surface area contributed by atoms with Crippen molar-refractivity contribution in [3.63, 3.8) is 0 Å². The maximum absolute atomic E-state index is 5.71. The third kappa shape index (κ3) is 2.66. The third-order valence-corrected chi connectivity index (χ3v) is 3.65. The van der Waals surface area contributed by atoms with Crippen molar-refractivity contribution in [2.45, 2.75) is 13.3 Å². The van der Waals surface area contributed by atoms with E-state index < -0.39 is 0 Å². The molecule has 86 valence electrons. The van der Waals surface area contributed by atoms with E-state index in [1.807, 2.05) is 18.2 Å². The molecule has 2 nitrogen and oxygen atoms in total. The standard InChI is InChI=1S/C12H15ClN2S/c1-9(6-7-13)8-14-12-10-4-2-3-5-11(10)15-16-12/h2-5,9,14H,6-8H2,1H3. The Bertz CT molecular complexity index is 455. The molecule has 0 radical (unpaired) electrons. The molecule has 0 saturated heterocycles. The Kier molecular flexibility index (Phi) is 4.02. The van der Waals surface area contributed by atoms with Crippen LogP contribution in [0.15, 0.2) is 24.3 Å². The lowest BCUT2D eigenvalue weighted by Gasteiger charge is -2.10. The van der Waals surface area contributed by atoms with Gasteiger partial charge < -0.3 is 5.32 Å². The summed E-state index contributed by atoms with van der Waals surface area (Å²) in [5.41, 5.74) is 1.07. The topological polar surface area (TPSA) is 24.9 Å². The van der Waals surface area contributed by atoms with E-state index in [1.165, 1.54) is 16.9 Å². The lowest BCUT2D eigenvalue weighted by molar-refractivity contribution is 0.598. The number of anilines is 1. The number of benzene rings is 1. The number of hydrogen-bond donors (Lipinski definition) is 1. The molecule has 2 aromatic rings. The molecule has 1 unspecified atom stereocenters. The largest absolute Gasteiger partial charge is 0.375 e. The highest BCUT2D eigenvalue weighted by Gasteiger charge is 2.06. The van der Waals surface area contributed by atoms with Crippen molar-refractivity contribution in [2.24, 2.45) is 5.92 Å². The molecule has 4 heteroatoms. The predicted molar refractivity (Wildman–Crippen MR) is 72.6 cm³/mol. The van der Waals surface area contributed by atoms with Crippen LogP contribution in [0.1, 0.15) is 13.3 Å². The van der Waals surface area contributed by atoms with Gasteiger partial charge in [-0.15, -0.1) is 11.6 Å². The summed E-state index contributed by atoms with van der Waals surface area (Å²) >= 11 is 7.24. The fraction of sp³-hybridized carbons (Fsp3) is 0.417. The molecule has 0 aliphatic rings. The molecule has 2 rings (SSSR count).